The molecular formula is C9H6ClNO2. The predicted molar refractivity (Wildman–Crippen MR) is 49.8 cm³/mol. The highest BCUT2D eigenvalue weighted by Gasteiger charge is 2.00. The molecule has 0 spiro atoms. The zero-order chi connectivity index (χ0) is 9.26. The number of oxazole rings is 1. The van der Waals surface area contributed by atoms with Crippen LogP contribution in [0.3, 0.4) is 0 Å². The summed E-state index contributed by atoms with van der Waals surface area (Å²) in [6.07, 6.45) is 1.38. The molecule has 1 aromatic carbocycles. The number of H-pyrrole nitrogens is 1. The second kappa shape index (κ2) is 3.11. The number of aromatic nitrogens is 1. The van der Waals surface area contributed by atoms with E-state index < -0.39 is 5.76 Å². The third-order valence-electron chi connectivity index (χ3n) is 1.68. The molecule has 66 valence electrons. The minimum Gasteiger partial charge on any atom is -0.416 e. The van der Waals surface area contributed by atoms with E-state index in [4.69, 9.17) is 11.6 Å². The van der Waals surface area contributed by atoms with Gasteiger partial charge in [-0.25, -0.2) is 4.79 Å². The van der Waals surface area contributed by atoms with Crippen LogP contribution in [-0.4, -0.2) is 4.98 Å². The Balaban J connectivity index is 2.47. The zero-order valence-electron chi connectivity index (χ0n) is 6.58. The highest BCUT2D eigenvalue weighted by Crippen LogP contribution is 2.18. The third kappa shape index (κ3) is 1.65. The third-order valence-corrected chi connectivity index (χ3v) is 1.93. The molecule has 2 aromatic rings. The van der Waals surface area contributed by atoms with Gasteiger partial charge in [-0.2, -0.15) is 0 Å². The lowest BCUT2D eigenvalue weighted by molar-refractivity contribution is 0.515. The minimum absolute atomic E-state index is 0.454. The molecule has 0 aliphatic heterocycles. The van der Waals surface area contributed by atoms with Gasteiger partial charge in [-0.3, -0.25) is 4.98 Å². The number of halogens is 1. The van der Waals surface area contributed by atoms with Crippen molar-refractivity contribution in [3.05, 3.63) is 46.1 Å². The van der Waals surface area contributed by atoms with E-state index in [0.29, 0.717) is 10.7 Å². The molecule has 0 amide bonds. The van der Waals surface area contributed by atoms with Crippen molar-refractivity contribution < 1.29 is 4.42 Å². The Morgan fingerprint density at radius 1 is 1.23 bits per heavy atom. The summed E-state index contributed by atoms with van der Waals surface area (Å²) < 4.78 is 4.61. The van der Waals surface area contributed by atoms with Gasteiger partial charge < -0.3 is 4.42 Å². The molecular weight excluding hydrogens is 190 g/mol. The molecule has 2 rings (SSSR count). The average molecular weight is 196 g/mol. The number of rotatable bonds is 1. The second-order valence-corrected chi connectivity index (χ2v) is 3.01. The van der Waals surface area contributed by atoms with Crippen LogP contribution >= 0.6 is 11.6 Å². The Morgan fingerprint density at radius 2 is 1.92 bits per heavy atom. The molecule has 0 radical (unpaired) electrons. The van der Waals surface area contributed by atoms with Crippen LogP contribution < -0.4 is 5.76 Å². The SMILES string of the molecule is O=c1[nH]c(-c2ccc(Cl)cc2)co1. The van der Waals surface area contributed by atoms with Crippen molar-refractivity contribution >= 4 is 11.6 Å². The molecule has 1 N–H and O–H groups in total. The van der Waals surface area contributed by atoms with E-state index in [-0.39, 0.29) is 0 Å². The highest BCUT2D eigenvalue weighted by atomic mass is 35.5. The molecule has 4 heteroatoms. The lowest BCUT2D eigenvalue weighted by Crippen LogP contribution is -1.94. The van der Waals surface area contributed by atoms with Crippen molar-refractivity contribution in [3.63, 3.8) is 0 Å². The van der Waals surface area contributed by atoms with Crippen LogP contribution in [0.1, 0.15) is 0 Å². The van der Waals surface area contributed by atoms with E-state index in [9.17, 15) is 4.79 Å². The van der Waals surface area contributed by atoms with Crippen LogP contribution in [0.15, 0.2) is 39.7 Å². The molecule has 0 aliphatic carbocycles. The van der Waals surface area contributed by atoms with Crippen LogP contribution in [0.5, 0.6) is 0 Å². The summed E-state index contributed by atoms with van der Waals surface area (Å²) in [7, 11) is 0. The Labute approximate surface area is 79.0 Å². The van der Waals surface area contributed by atoms with Gasteiger partial charge in [0.2, 0.25) is 0 Å². The first-order valence-electron chi connectivity index (χ1n) is 3.69. The quantitative estimate of drug-likeness (QED) is 0.759. The molecule has 0 saturated carbocycles. The molecule has 0 saturated heterocycles. The standard InChI is InChI=1S/C9H6ClNO2/c10-7-3-1-6(2-4-7)8-5-13-9(12)11-8/h1-5H,(H,11,12). The van der Waals surface area contributed by atoms with Crippen LogP contribution in [-0.2, 0) is 0 Å². The zero-order valence-corrected chi connectivity index (χ0v) is 7.34. The fourth-order valence-corrected chi connectivity index (χ4v) is 1.18. The Bertz CT molecular complexity index is 455. The lowest BCUT2D eigenvalue weighted by Gasteiger charge is -1.94. The fraction of sp³-hybridized carbons (Fsp3) is 0. The van der Waals surface area contributed by atoms with Gasteiger partial charge in [0.15, 0.2) is 0 Å². The first kappa shape index (κ1) is 8.13. The summed E-state index contributed by atoms with van der Waals surface area (Å²) in [6.45, 7) is 0. The van der Waals surface area contributed by atoms with E-state index in [1.807, 2.05) is 12.1 Å². The van der Waals surface area contributed by atoms with Gasteiger partial charge in [0.1, 0.15) is 6.26 Å². The van der Waals surface area contributed by atoms with Crippen molar-refractivity contribution in [3.8, 4) is 11.3 Å². The highest BCUT2D eigenvalue weighted by molar-refractivity contribution is 6.30. The Kier molecular flexibility index (Phi) is 1.94. The molecule has 0 atom stereocenters. The summed E-state index contributed by atoms with van der Waals surface area (Å²) in [5.74, 6) is -0.454. The fourth-order valence-electron chi connectivity index (χ4n) is 1.05. The van der Waals surface area contributed by atoms with Crippen LogP contribution in [0.25, 0.3) is 11.3 Å². The van der Waals surface area contributed by atoms with Crippen molar-refractivity contribution in [1.82, 2.24) is 4.98 Å². The minimum atomic E-state index is -0.454. The normalized spacial score (nSPS) is 10.2. The largest absolute Gasteiger partial charge is 0.416 e. The van der Waals surface area contributed by atoms with Gasteiger partial charge >= 0.3 is 5.76 Å². The van der Waals surface area contributed by atoms with Crippen molar-refractivity contribution in [2.24, 2.45) is 0 Å². The molecule has 0 aliphatic rings. The summed E-state index contributed by atoms with van der Waals surface area (Å²) in [5.41, 5.74) is 1.52. The summed E-state index contributed by atoms with van der Waals surface area (Å²) in [5, 5.41) is 0.662. The van der Waals surface area contributed by atoms with Crippen LogP contribution in [0.4, 0.5) is 0 Å². The maximum absolute atomic E-state index is 10.7. The van der Waals surface area contributed by atoms with Gasteiger partial charge in [-0.05, 0) is 12.1 Å². The van der Waals surface area contributed by atoms with E-state index in [1.54, 1.807) is 12.1 Å². The number of benzene rings is 1. The van der Waals surface area contributed by atoms with Crippen LogP contribution in [0, 0.1) is 0 Å². The first-order valence-corrected chi connectivity index (χ1v) is 4.07. The number of hydrogen-bond acceptors (Lipinski definition) is 2. The van der Waals surface area contributed by atoms with E-state index in [1.165, 1.54) is 6.26 Å². The number of nitrogens with one attached hydrogen (secondary N) is 1. The lowest BCUT2D eigenvalue weighted by atomic mass is 10.2. The molecule has 1 aromatic heterocycles. The topological polar surface area (TPSA) is 46.0 Å². The molecule has 13 heavy (non-hydrogen) atoms. The maximum atomic E-state index is 10.7. The second-order valence-electron chi connectivity index (χ2n) is 2.57. The molecule has 0 bridgehead atoms. The van der Waals surface area contributed by atoms with Gasteiger partial charge in [0, 0.05) is 10.6 Å². The van der Waals surface area contributed by atoms with Crippen LogP contribution in [0.2, 0.25) is 5.02 Å². The number of aromatic amines is 1. The van der Waals surface area contributed by atoms with Gasteiger partial charge in [-0.15, -0.1) is 0 Å². The summed E-state index contributed by atoms with van der Waals surface area (Å²) >= 11 is 5.71. The summed E-state index contributed by atoms with van der Waals surface area (Å²) in [4.78, 5) is 13.2. The molecule has 1 heterocycles. The van der Waals surface area contributed by atoms with E-state index >= 15 is 0 Å². The van der Waals surface area contributed by atoms with Gasteiger partial charge in [-0.1, -0.05) is 23.7 Å². The smallest absolute Gasteiger partial charge is 0.416 e. The van der Waals surface area contributed by atoms with Crippen molar-refractivity contribution in [2.45, 2.75) is 0 Å². The van der Waals surface area contributed by atoms with Crippen molar-refractivity contribution in [2.75, 3.05) is 0 Å². The Morgan fingerprint density at radius 3 is 2.46 bits per heavy atom. The molecule has 0 fully saturated rings. The monoisotopic (exact) mass is 195 g/mol. The molecule has 0 unspecified atom stereocenters. The molecule has 3 nitrogen and oxygen atoms in total. The van der Waals surface area contributed by atoms with Crippen molar-refractivity contribution in [1.29, 1.82) is 0 Å². The average Bonchev–Trinajstić information content (AvgIpc) is 2.53. The summed E-state index contributed by atoms with van der Waals surface area (Å²) in [6, 6.07) is 7.12. The van der Waals surface area contributed by atoms with E-state index in [0.717, 1.165) is 5.56 Å². The van der Waals surface area contributed by atoms with Gasteiger partial charge in [0.05, 0.1) is 5.69 Å². The Hall–Kier alpha value is -1.48. The first-order chi connectivity index (χ1) is 6.25. The maximum Gasteiger partial charge on any atom is 0.416 e. The van der Waals surface area contributed by atoms with Gasteiger partial charge in [0.25, 0.3) is 0 Å². The van der Waals surface area contributed by atoms with E-state index in [2.05, 4.69) is 9.40 Å². The number of hydrogen-bond donors (Lipinski definition) is 1. The predicted octanol–water partition coefficient (Wildman–Crippen LogP) is 2.29.